The van der Waals surface area contributed by atoms with Gasteiger partial charge in [0, 0.05) is 32.0 Å². The Morgan fingerprint density at radius 1 is 1.38 bits per heavy atom. The second kappa shape index (κ2) is 4.87. The summed E-state index contributed by atoms with van der Waals surface area (Å²) in [6, 6.07) is 2.66. The van der Waals surface area contributed by atoms with Gasteiger partial charge in [-0.05, 0) is 32.6 Å². The maximum Gasteiger partial charge on any atom is 0.148 e. The van der Waals surface area contributed by atoms with Gasteiger partial charge in [0.2, 0.25) is 0 Å². The van der Waals surface area contributed by atoms with Gasteiger partial charge in [0.05, 0.1) is 6.10 Å². The van der Waals surface area contributed by atoms with Crippen molar-refractivity contribution in [2.75, 3.05) is 12.4 Å². The molecule has 1 saturated carbocycles. The van der Waals surface area contributed by atoms with Gasteiger partial charge in [-0.15, -0.1) is 0 Å². The summed E-state index contributed by atoms with van der Waals surface area (Å²) in [6.45, 7) is 2.07. The van der Waals surface area contributed by atoms with Crippen LogP contribution in [-0.2, 0) is 11.8 Å². The number of aromatic nitrogens is 2. The number of anilines is 1. The van der Waals surface area contributed by atoms with E-state index in [0.29, 0.717) is 12.1 Å². The lowest BCUT2D eigenvalue weighted by molar-refractivity contribution is 0.0681. The van der Waals surface area contributed by atoms with Crippen LogP contribution in [0.3, 0.4) is 0 Å². The molecule has 0 atom stereocenters. The summed E-state index contributed by atoms with van der Waals surface area (Å²) < 4.78 is 7.27. The van der Waals surface area contributed by atoms with E-state index in [0.717, 1.165) is 18.7 Å². The van der Waals surface area contributed by atoms with Crippen LogP contribution in [0.4, 0.5) is 5.82 Å². The smallest absolute Gasteiger partial charge is 0.148 e. The highest BCUT2D eigenvalue weighted by molar-refractivity contribution is 5.36. The number of nitrogens with zero attached hydrogens (tertiary/aromatic N) is 2. The van der Waals surface area contributed by atoms with Gasteiger partial charge in [0.1, 0.15) is 5.82 Å². The van der Waals surface area contributed by atoms with Crippen LogP contribution < -0.4 is 5.32 Å². The zero-order valence-electron chi connectivity index (χ0n) is 10.4. The molecule has 1 aromatic heterocycles. The Morgan fingerprint density at radius 2 is 2.06 bits per heavy atom. The number of nitrogens with one attached hydrogen (secondary N) is 1. The number of hydrogen-bond acceptors (Lipinski definition) is 3. The molecule has 0 radical (unpaired) electrons. The van der Waals surface area contributed by atoms with Crippen LogP contribution in [0.2, 0.25) is 0 Å². The summed E-state index contributed by atoms with van der Waals surface area (Å²) in [4.78, 5) is 0. The van der Waals surface area contributed by atoms with Gasteiger partial charge in [0.15, 0.2) is 0 Å². The van der Waals surface area contributed by atoms with Crippen molar-refractivity contribution in [3.8, 4) is 0 Å². The molecule has 0 amide bonds. The molecule has 2 rings (SSSR count). The minimum absolute atomic E-state index is 0.462. The monoisotopic (exact) mass is 223 g/mol. The molecule has 16 heavy (non-hydrogen) atoms. The van der Waals surface area contributed by atoms with Gasteiger partial charge in [-0.25, -0.2) is 0 Å². The van der Waals surface area contributed by atoms with Gasteiger partial charge in [-0.3, -0.25) is 4.68 Å². The molecule has 0 spiro atoms. The molecule has 4 heteroatoms. The fourth-order valence-corrected chi connectivity index (χ4v) is 2.28. The van der Waals surface area contributed by atoms with Crippen molar-refractivity contribution in [1.29, 1.82) is 0 Å². The Morgan fingerprint density at radius 3 is 2.56 bits per heavy atom. The number of methoxy groups -OCH3 is 1. The standard InChI is InChI=1S/C12H21N3O/c1-9-8-12(14-15(9)2)13-10-4-6-11(16-3)7-5-10/h8,10-11H,4-7H2,1-3H3,(H,13,14). The van der Waals surface area contributed by atoms with Gasteiger partial charge in [-0.1, -0.05) is 0 Å². The number of aryl methyl sites for hydroxylation is 2. The van der Waals surface area contributed by atoms with Crippen LogP contribution >= 0.6 is 0 Å². The number of rotatable bonds is 3. The largest absolute Gasteiger partial charge is 0.381 e. The van der Waals surface area contributed by atoms with Crippen molar-refractivity contribution in [2.45, 2.75) is 44.8 Å². The summed E-state index contributed by atoms with van der Waals surface area (Å²) >= 11 is 0. The van der Waals surface area contributed by atoms with Crippen LogP contribution in [0.15, 0.2) is 6.07 Å². The first-order chi connectivity index (χ1) is 7.69. The van der Waals surface area contributed by atoms with Crippen LogP contribution in [-0.4, -0.2) is 29.0 Å². The fraction of sp³-hybridized carbons (Fsp3) is 0.750. The summed E-state index contributed by atoms with van der Waals surface area (Å²) in [5, 5.41) is 7.92. The first-order valence-electron chi connectivity index (χ1n) is 5.99. The second-order valence-electron chi connectivity index (χ2n) is 4.65. The Hall–Kier alpha value is -1.03. The Balaban J connectivity index is 1.87. The normalized spacial score (nSPS) is 25.7. The highest BCUT2D eigenvalue weighted by Crippen LogP contribution is 2.23. The van der Waals surface area contributed by atoms with E-state index >= 15 is 0 Å². The summed E-state index contributed by atoms with van der Waals surface area (Å²) in [5.41, 5.74) is 1.19. The zero-order chi connectivity index (χ0) is 11.5. The lowest BCUT2D eigenvalue weighted by Crippen LogP contribution is -2.29. The lowest BCUT2D eigenvalue weighted by Gasteiger charge is -2.28. The predicted octanol–water partition coefficient (Wildman–Crippen LogP) is 2.10. The molecule has 1 N–H and O–H groups in total. The van der Waals surface area contributed by atoms with E-state index in [2.05, 4.69) is 23.4 Å². The predicted molar refractivity (Wildman–Crippen MR) is 64.6 cm³/mol. The van der Waals surface area contributed by atoms with E-state index in [9.17, 15) is 0 Å². The van der Waals surface area contributed by atoms with Crippen LogP contribution in [0, 0.1) is 6.92 Å². The van der Waals surface area contributed by atoms with Crippen molar-refractivity contribution in [3.05, 3.63) is 11.8 Å². The molecule has 0 aliphatic heterocycles. The third kappa shape index (κ3) is 2.55. The van der Waals surface area contributed by atoms with E-state index < -0.39 is 0 Å². The highest BCUT2D eigenvalue weighted by atomic mass is 16.5. The van der Waals surface area contributed by atoms with Crippen LogP contribution in [0.1, 0.15) is 31.4 Å². The maximum absolute atomic E-state index is 5.37. The summed E-state index contributed by atoms with van der Waals surface area (Å²) in [5.74, 6) is 1.00. The molecule has 90 valence electrons. The van der Waals surface area contributed by atoms with Gasteiger partial charge < -0.3 is 10.1 Å². The Labute approximate surface area is 97.0 Å². The molecule has 1 aliphatic rings. The molecule has 4 nitrogen and oxygen atoms in total. The van der Waals surface area contributed by atoms with Crippen LogP contribution in [0.5, 0.6) is 0 Å². The van der Waals surface area contributed by atoms with Gasteiger partial charge in [-0.2, -0.15) is 5.10 Å². The molecular weight excluding hydrogens is 202 g/mol. The summed E-state index contributed by atoms with van der Waals surface area (Å²) in [7, 11) is 3.78. The third-order valence-electron chi connectivity index (χ3n) is 3.47. The molecule has 1 fully saturated rings. The SMILES string of the molecule is COC1CCC(Nc2cc(C)n(C)n2)CC1. The van der Waals surface area contributed by atoms with E-state index in [1.165, 1.54) is 18.5 Å². The quantitative estimate of drug-likeness (QED) is 0.853. The highest BCUT2D eigenvalue weighted by Gasteiger charge is 2.21. The molecular formula is C12H21N3O. The lowest BCUT2D eigenvalue weighted by atomic mass is 9.93. The molecule has 0 bridgehead atoms. The van der Waals surface area contributed by atoms with Crippen molar-refractivity contribution < 1.29 is 4.74 Å². The molecule has 0 aromatic carbocycles. The van der Waals surface area contributed by atoms with Crippen molar-refractivity contribution in [1.82, 2.24) is 9.78 Å². The van der Waals surface area contributed by atoms with Crippen molar-refractivity contribution in [2.24, 2.45) is 7.05 Å². The Bertz CT molecular complexity index is 321. The van der Waals surface area contributed by atoms with E-state index in [1.807, 2.05) is 11.7 Å². The molecule has 1 aromatic rings. The minimum Gasteiger partial charge on any atom is -0.381 e. The maximum atomic E-state index is 5.37. The minimum atomic E-state index is 0.462. The zero-order valence-corrected chi connectivity index (χ0v) is 10.4. The van der Waals surface area contributed by atoms with E-state index in [-0.39, 0.29) is 0 Å². The number of hydrogen-bond donors (Lipinski definition) is 1. The van der Waals surface area contributed by atoms with Gasteiger partial charge in [0.25, 0.3) is 0 Å². The molecule has 0 saturated heterocycles. The Kier molecular flexibility index (Phi) is 3.49. The average molecular weight is 223 g/mol. The average Bonchev–Trinajstić information content (AvgIpc) is 2.59. The van der Waals surface area contributed by atoms with Crippen molar-refractivity contribution in [3.63, 3.8) is 0 Å². The third-order valence-corrected chi connectivity index (χ3v) is 3.47. The topological polar surface area (TPSA) is 39.1 Å². The summed E-state index contributed by atoms with van der Waals surface area (Å²) in [6.07, 6.45) is 5.12. The molecule has 1 heterocycles. The fourth-order valence-electron chi connectivity index (χ4n) is 2.28. The first-order valence-corrected chi connectivity index (χ1v) is 5.99. The first kappa shape index (κ1) is 11.5. The van der Waals surface area contributed by atoms with Crippen molar-refractivity contribution >= 4 is 5.82 Å². The van der Waals surface area contributed by atoms with Gasteiger partial charge >= 0.3 is 0 Å². The van der Waals surface area contributed by atoms with Crippen LogP contribution in [0.25, 0.3) is 0 Å². The number of ether oxygens (including phenoxy) is 1. The molecule has 0 unspecified atom stereocenters. The molecule has 1 aliphatic carbocycles. The van der Waals surface area contributed by atoms with E-state index in [4.69, 9.17) is 4.74 Å². The van der Waals surface area contributed by atoms with E-state index in [1.54, 1.807) is 7.11 Å². The second-order valence-corrected chi connectivity index (χ2v) is 4.65.